The standard InChI is InChI=1S/C11H9N2/c1-2-5-10(6-3-1)9-11-12-7-4-8-13-11/h1-9H. The number of hydrogen-bond acceptors (Lipinski definition) is 2. The summed E-state index contributed by atoms with van der Waals surface area (Å²) >= 11 is 0. The summed E-state index contributed by atoms with van der Waals surface area (Å²) in [4.78, 5) is 8.21. The third kappa shape index (κ3) is 2.12. The van der Waals surface area contributed by atoms with Gasteiger partial charge in [-0.3, -0.25) is 0 Å². The Morgan fingerprint density at radius 2 is 1.54 bits per heavy atom. The van der Waals surface area contributed by atoms with Crippen molar-refractivity contribution in [3.63, 3.8) is 0 Å². The molecule has 0 aliphatic rings. The summed E-state index contributed by atoms with van der Waals surface area (Å²) < 4.78 is 0. The largest absolute Gasteiger partial charge is 0.241 e. The Morgan fingerprint density at radius 3 is 2.23 bits per heavy atom. The van der Waals surface area contributed by atoms with Crippen LogP contribution in [0.3, 0.4) is 0 Å². The van der Waals surface area contributed by atoms with Crippen LogP contribution in [-0.2, 0) is 0 Å². The topological polar surface area (TPSA) is 25.8 Å². The first-order valence-corrected chi connectivity index (χ1v) is 4.12. The van der Waals surface area contributed by atoms with Crippen LogP contribution in [0.1, 0.15) is 11.4 Å². The average molecular weight is 169 g/mol. The molecule has 0 saturated heterocycles. The molecule has 2 aromatic rings. The van der Waals surface area contributed by atoms with Crippen molar-refractivity contribution in [2.24, 2.45) is 0 Å². The highest BCUT2D eigenvalue weighted by atomic mass is 14.8. The van der Waals surface area contributed by atoms with Crippen LogP contribution in [0, 0.1) is 6.42 Å². The lowest BCUT2D eigenvalue weighted by Gasteiger charge is -1.97. The minimum Gasteiger partial charge on any atom is -0.241 e. The molecule has 13 heavy (non-hydrogen) atoms. The second-order valence-electron chi connectivity index (χ2n) is 2.66. The van der Waals surface area contributed by atoms with E-state index in [0.717, 1.165) is 11.4 Å². The smallest absolute Gasteiger partial charge is 0.136 e. The molecular weight excluding hydrogens is 160 g/mol. The molecule has 0 fully saturated rings. The second kappa shape index (κ2) is 3.81. The third-order valence-electron chi connectivity index (χ3n) is 1.68. The van der Waals surface area contributed by atoms with Gasteiger partial charge in [-0.25, -0.2) is 9.97 Å². The first-order chi connectivity index (χ1) is 6.45. The van der Waals surface area contributed by atoms with Gasteiger partial charge in [-0.15, -0.1) is 0 Å². The van der Waals surface area contributed by atoms with Crippen LogP contribution in [0.5, 0.6) is 0 Å². The molecule has 0 N–H and O–H groups in total. The predicted molar refractivity (Wildman–Crippen MR) is 51.0 cm³/mol. The predicted octanol–water partition coefficient (Wildman–Crippen LogP) is 2.08. The monoisotopic (exact) mass is 169 g/mol. The highest BCUT2D eigenvalue weighted by Crippen LogP contribution is 2.05. The van der Waals surface area contributed by atoms with Gasteiger partial charge in [0.25, 0.3) is 0 Å². The van der Waals surface area contributed by atoms with Crippen molar-refractivity contribution < 1.29 is 0 Å². The van der Waals surface area contributed by atoms with E-state index in [1.165, 1.54) is 0 Å². The van der Waals surface area contributed by atoms with Crippen LogP contribution in [0.25, 0.3) is 0 Å². The molecule has 0 aliphatic carbocycles. The van der Waals surface area contributed by atoms with Crippen molar-refractivity contribution >= 4 is 0 Å². The highest BCUT2D eigenvalue weighted by molar-refractivity contribution is 5.29. The maximum absolute atomic E-state index is 4.11. The molecule has 2 rings (SSSR count). The lowest BCUT2D eigenvalue weighted by molar-refractivity contribution is 1.07. The van der Waals surface area contributed by atoms with Crippen molar-refractivity contribution in [3.8, 4) is 0 Å². The van der Waals surface area contributed by atoms with Crippen LogP contribution in [0.15, 0.2) is 48.8 Å². The van der Waals surface area contributed by atoms with Crippen LogP contribution in [-0.4, -0.2) is 9.97 Å². The Bertz CT molecular complexity index is 319. The summed E-state index contributed by atoms with van der Waals surface area (Å²) in [6, 6.07) is 11.8. The Balaban J connectivity index is 2.16. The first-order valence-electron chi connectivity index (χ1n) is 4.12. The molecule has 1 aromatic carbocycles. The minimum atomic E-state index is 0.744. The van der Waals surface area contributed by atoms with Crippen molar-refractivity contribution in [2.45, 2.75) is 0 Å². The number of benzene rings is 1. The number of nitrogens with zero attached hydrogens (tertiary/aromatic N) is 2. The summed E-state index contributed by atoms with van der Waals surface area (Å²) in [5.41, 5.74) is 1.12. The fourth-order valence-corrected chi connectivity index (χ4v) is 1.08. The lowest BCUT2D eigenvalue weighted by Crippen LogP contribution is -1.91. The van der Waals surface area contributed by atoms with Gasteiger partial charge in [-0.05, 0) is 11.6 Å². The SMILES string of the molecule is [CH](c1ccccc1)c1ncccn1. The summed E-state index contributed by atoms with van der Waals surface area (Å²) in [6.45, 7) is 0. The van der Waals surface area contributed by atoms with Gasteiger partial charge in [0.2, 0.25) is 0 Å². The number of rotatable bonds is 2. The molecule has 0 saturated carbocycles. The van der Waals surface area contributed by atoms with Gasteiger partial charge in [0.15, 0.2) is 0 Å². The zero-order chi connectivity index (χ0) is 8.93. The van der Waals surface area contributed by atoms with Gasteiger partial charge >= 0.3 is 0 Å². The number of aromatic nitrogens is 2. The zero-order valence-electron chi connectivity index (χ0n) is 7.09. The maximum Gasteiger partial charge on any atom is 0.136 e. The normalized spacial score (nSPS) is 9.85. The fraction of sp³-hybridized carbons (Fsp3) is 0. The highest BCUT2D eigenvalue weighted by Gasteiger charge is 1.96. The molecule has 0 aliphatic heterocycles. The van der Waals surface area contributed by atoms with Gasteiger partial charge < -0.3 is 0 Å². The Morgan fingerprint density at radius 1 is 0.846 bits per heavy atom. The molecular formula is C11H9N2. The van der Waals surface area contributed by atoms with Crippen molar-refractivity contribution in [3.05, 3.63) is 66.6 Å². The van der Waals surface area contributed by atoms with E-state index in [1.807, 2.05) is 42.8 Å². The Kier molecular flexibility index (Phi) is 2.32. The second-order valence-corrected chi connectivity index (χ2v) is 2.66. The number of hydrogen-bond donors (Lipinski definition) is 0. The molecule has 0 unspecified atom stereocenters. The van der Waals surface area contributed by atoms with Gasteiger partial charge in [-0.2, -0.15) is 0 Å². The molecule has 1 heterocycles. The maximum atomic E-state index is 4.11. The van der Waals surface area contributed by atoms with E-state index in [9.17, 15) is 0 Å². The van der Waals surface area contributed by atoms with E-state index in [1.54, 1.807) is 12.4 Å². The van der Waals surface area contributed by atoms with E-state index in [2.05, 4.69) is 9.97 Å². The molecule has 1 aromatic heterocycles. The Labute approximate surface area is 77.3 Å². The van der Waals surface area contributed by atoms with Gasteiger partial charge in [0.1, 0.15) is 5.82 Å². The Hall–Kier alpha value is -1.70. The van der Waals surface area contributed by atoms with Crippen LogP contribution >= 0.6 is 0 Å². The van der Waals surface area contributed by atoms with E-state index in [0.29, 0.717) is 0 Å². The molecule has 0 amide bonds. The molecule has 2 heteroatoms. The summed E-state index contributed by atoms with van der Waals surface area (Å²) in [6.07, 6.45) is 5.42. The van der Waals surface area contributed by atoms with E-state index >= 15 is 0 Å². The summed E-state index contributed by atoms with van der Waals surface area (Å²) in [5.74, 6) is 0.744. The van der Waals surface area contributed by atoms with Crippen molar-refractivity contribution in [1.29, 1.82) is 0 Å². The summed E-state index contributed by atoms with van der Waals surface area (Å²) in [5, 5.41) is 0. The first kappa shape index (κ1) is 7.92. The average Bonchev–Trinajstić information content (AvgIpc) is 2.21. The van der Waals surface area contributed by atoms with E-state index in [4.69, 9.17) is 0 Å². The van der Waals surface area contributed by atoms with Crippen molar-refractivity contribution in [2.75, 3.05) is 0 Å². The van der Waals surface area contributed by atoms with Crippen LogP contribution < -0.4 is 0 Å². The third-order valence-corrected chi connectivity index (χ3v) is 1.68. The molecule has 0 spiro atoms. The molecule has 1 radical (unpaired) electrons. The zero-order valence-corrected chi connectivity index (χ0v) is 7.09. The lowest BCUT2D eigenvalue weighted by atomic mass is 10.1. The van der Waals surface area contributed by atoms with Crippen LogP contribution in [0.4, 0.5) is 0 Å². The van der Waals surface area contributed by atoms with Gasteiger partial charge in [0, 0.05) is 12.4 Å². The fourth-order valence-electron chi connectivity index (χ4n) is 1.08. The minimum absolute atomic E-state index is 0.744. The molecule has 2 nitrogen and oxygen atoms in total. The van der Waals surface area contributed by atoms with Crippen molar-refractivity contribution in [1.82, 2.24) is 9.97 Å². The van der Waals surface area contributed by atoms with Gasteiger partial charge in [-0.1, -0.05) is 30.3 Å². The van der Waals surface area contributed by atoms with E-state index in [-0.39, 0.29) is 0 Å². The van der Waals surface area contributed by atoms with Crippen LogP contribution in [0.2, 0.25) is 0 Å². The molecule has 63 valence electrons. The quantitative estimate of drug-likeness (QED) is 0.687. The summed E-state index contributed by atoms with van der Waals surface area (Å²) in [7, 11) is 0. The van der Waals surface area contributed by atoms with Gasteiger partial charge in [0.05, 0.1) is 6.42 Å². The molecule has 0 bridgehead atoms. The van der Waals surface area contributed by atoms with E-state index < -0.39 is 0 Å². The molecule has 0 atom stereocenters.